The molecule has 2 amide bonds. The minimum Gasteiger partial charge on any atom is -0.377 e. The summed E-state index contributed by atoms with van der Waals surface area (Å²) in [7, 11) is 0. The summed E-state index contributed by atoms with van der Waals surface area (Å²) >= 11 is 0. The van der Waals surface area contributed by atoms with Crippen molar-refractivity contribution >= 4 is 29.9 Å². The van der Waals surface area contributed by atoms with Gasteiger partial charge in [0.1, 0.15) is 0 Å². The Labute approximate surface area is 177 Å². The van der Waals surface area contributed by atoms with E-state index in [1.165, 1.54) is 5.56 Å². The Morgan fingerprint density at radius 1 is 1.03 bits per heavy atom. The number of hydrogen-bond acceptors (Lipinski definition) is 4. The van der Waals surface area contributed by atoms with Crippen LogP contribution in [0.4, 0.5) is 5.69 Å². The number of carbonyl (C=O) groups excluding carboxylic acids is 2. The largest absolute Gasteiger partial charge is 0.377 e. The van der Waals surface area contributed by atoms with Gasteiger partial charge in [-0.25, -0.2) is 0 Å². The number of carbonyl (C=O) groups is 2. The van der Waals surface area contributed by atoms with Crippen LogP contribution in [0.15, 0.2) is 54.6 Å². The molecule has 3 rings (SSSR count). The maximum absolute atomic E-state index is 12.5. The maximum atomic E-state index is 12.5. The molecule has 0 aromatic heterocycles. The fourth-order valence-corrected chi connectivity index (χ4v) is 3.20. The molecule has 1 atom stereocenters. The van der Waals surface area contributed by atoms with Crippen LogP contribution in [-0.2, 0) is 16.0 Å². The molecule has 1 unspecified atom stereocenters. The lowest BCUT2D eigenvalue weighted by atomic mass is 10.1. The molecule has 0 saturated carbocycles. The molecule has 156 valence electrons. The highest BCUT2D eigenvalue weighted by Crippen LogP contribution is 2.15. The number of anilines is 1. The summed E-state index contributed by atoms with van der Waals surface area (Å²) < 4.78 is 5.53. The molecule has 29 heavy (non-hydrogen) atoms. The minimum absolute atomic E-state index is 0. The predicted molar refractivity (Wildman–Crippen MR) is 117 cm³/mol. The summed E-state index contributed by atoms with van der Waals surface area (Å²) in [6.45, 7) is 2.18. The fraction of sp³-hybridized carbons (Fsp3) is 0.364. The standard InChI is InChI=1S/C22H27N3O3.ClH/c26-21(16-23-15-18-9-6-14-28-18)25-20-11-5-4-10-19(20)22(27)24-13-12-17-7-2-1-3-8-17;/h1-5,7-8,10-11,18,23H,6,9,12-16H2,(H,24,27)(H,25,26);1H. The van der Waals surface area contributed by atoms with Gasteiger partial charge < -0.3 is 20.7 Å². The van der Waals surface area contributed by atoms with Gasteiger partial charge in [0.15, 0.2) is 0 Å². The minimum atomic E-state index is -0.195. The quantitative estimate of drug-likeness (QED) is 0.586. The van der Waals surface area contributed by atoms with Crippen molar-refractivity contribution in [2.24, 2.45) is 0 Å². The molecule has 0 aliphatic carbocycles. The van der Waals surface area contributed by atoms with Gasteiger partial charge in [-0.05, 0) is 37.0 Å². The normalized spacial score (nSPS) is 15.4. The Hall–Kier alpha value is -2.41. The first-order valence-electron chi connectivity index (χ1n) is 9.75. The zero-order chi connectivity index (χ0) is 19.6. The van der Waals surface area contributed by atoms with Gasteiger partial charge in [0, 0.05) is 19.7 Å². The Bertz CT molecular complexity index is 780. The van der Waals surface area contributed by atoms with E-state index in [2.05, 4.69) is 16.0 Å². The molecule has 1 aliphatic heterocycles. The van der Waals surface area contributed by atoms with Crippen LogP contribution in [0.25, 0.3) is 0 Å². The second-order valence-corrected chi connectivity index (χ2v) is 6.85. The molecular formula is C22H28ClN3O3. The predicted octanol–water partition coefficient (Wildman–Crippen LogP) is 2.79. The molecule has 0 spiro atoms. The molecule has 0 bridgehead atoms. The van der Waals surface area contributed by atoms with E-state index in [0.29, 0.717) is 24.3 Å². The molecule has 2 aromatic rings. The van der Waals surface area contributed by atoms with E-state index in [4.69, 9.17) is 4.74 Å². The van der Waals surface area contributed by atoms with Crippen LogP contribution >= 0.6 is 12.4 Å². The average Bonchev–Trinajstić information content (AvgIpc) is 3.22. The lowest BCUT2D eigenvalue weighted by Gasteiger charge is -2.13. The second kappa shape index (κ2) is 12.2. The van der Waals surface area contributed by atoms with E-state index in [-0.39, 0.29) is 36.9 Å². The SMILES string of the molecule is Cl.O=C(CNCC1CCCO1)Nc1ccccc1C(=O)NCCc1ccccc1. The molecule has 7 heteroatoms. The number of nitrogens with one attached hydrogen (secondary N) is 3. The highest BCUT2D eigenvalue weighted by molar-refractivity contribution is 6.04. The number of hydrogen-bond donors (Lipinski definition) is 3. The van der Waals surface area contributed by atoms with Crippen LogP contribution in [0.2, 0.25) is 0 Å². The first-order chi connectivity index (χ1) is 13.7. The van der Waals surface area contributed by atoms with Gasteiger partial charge in [0.25, 0.3) is 5.91 Å². The molecule has 0 radical (unpaired) electrons. The van der Waals surface area contributed by atoms with Crippen molar-refractivity contribution in [1.29, 1.82) is 0 Å². The van der Waals surface area contributed by atoms with E-state index >= 15 is 0 Å². The number of amides is 2. The van der Waals surface area contributed by atoms with Crippen LogP contribution < -0.4 is 16.0 Å². The van der Waals surface area contributed by atoms with Gasteiger partial charge in [-0.3, -0.25) is 9.59 Å². The number of ether oxygens (including phenoxy) is 1. The lowest BCUT2D eigenvalue weighted by Crippen LogP contribution is -2.34. The van der Waals surface area contributed by atoms with Crippen LogP contribution in [-0.4, -0.2) is 44.2 Å². The Kier molecular flexibility index (Phi) is 9.64. The number of halogens is 1. The number of benzene rings is 2. The van der Waals surface area contributed by atoms with Crippen LogP contribution in [0, 0.1) is 0 Å². The molecular weight excluding hydrogens is 390 g/mol. The average molecular weight is 418 g/mol. The molecule has 1 fully saturated rings. The smallest absolute Gasteiger partial charge is 0.253 e. The Morgan fingerprint density at radius 3 is 2.55 bits per heavy atom. The van der Waals surface area contributed by atoms with E-state index in [1.807, 2.05) is 30.3 Å². The van der Waals surface area contributed by atoms with Gasteiger partial charge in [-0.15, -0.1) is 12.4 Å². The monoisotopic (exact) mass is 417 g/mol. The Morgan fingerprint density at radius 2 is 1.79 bits per heavy atom. The lowest BCUT2D eigenvalue weighted by molar-refractivity contribution is -0.115. The van der Waals surface area contributed by atoms with Crippen molar-refractivity contribution in [3.05, 3.63) is 65.7 Å². The molecule has 1 heterocycles. The second-order valence-electron chi connectivity index (χ2n) is 6.85. The van der Waals surface area contributed by atoms with Crippen molar-refractivity contribution in [2.45, 2.75) is 25.4 Å². The zero-order valence-electron chi connectivity index (χ0n) is 16.4. The van der Waals surface area contributed by atoms with Crippen molar-refractivity contribution in [1.82, 2.24) is 10.6 Å². The highest BCUT2D eigenvalue weighted by atomic mass is 35.5. The summed E-state index contributed by atoms with van der Waals surface area (Å²) in [5.74, 6) is -0.373. The maximum Gasteiger partial charge on any atom is 0.253 e. The molecule has 1 saturated heterocycles. The van der Waals surface area contributed by atoms with Crippen molar-refractivity contribution in [2.75, 3.05) is 31.6 Å². The van der Waals surface area contributed by atoms with Crippen LogP contribution in [0.3, 0.4) is 0 Å². The summed E-state index contributed by atoms with van der Waals surface area (Å²) in [6, 6.07) is 17.0. The van der Waals surface area contributed by atoms with Crippen molar-refractivity contribution in [3.8, 4) is 0 Å². The van der Waals surface area contributed by atoms with E-state index in [0.717, 1.165) is 25.9 Å². The summed E-state index contributed by atoms with van der Waals surface area (Å²) in [5.41, 5.74) is 2.15. The Balaban J connectivity index is 0.00000300. The third-order valence-electron chi connectivity index (χ3n) is 4.67. The topological polar surface area (TPSA) is 79.5 Å². The molecule has 6 nitrogen and oxygen atoms in total. The fourth-order valence-electron chi connectivity index (χ4n) is 3.20. The van der Waals surface area contributed by atoms with Crippen LogP contribution in [0.5, 0.6) is 0 Å². The van der Waals surface area contributed by atoms with E-state index in [1.54, 1.807) is 24.3 Å². The molecule has 3 N–H and O–H groups in total. The number of rotatable bonds is 9. The highest BCUT2D eigenvalue weighted by Gasteiger charge is 2.16. The molecule has 1 aliphatic rings. The van der Waals surface area contributed by atoms with Gasteiger partial charge in [0.2, 0.25) is 5.91 Å². The number of para-hydroxylation sites is 1. The summed E-state index contributed by atoms with van der Waals surface area (Å²) in [4.78, 5) is 24.7. The summed E-state index contributed by atoms with van der Waals surface area (Å²) in [5, 5.41) is 8.85. The van der Waals surface area contributed by atoms with Crippen molar-refractivity contribution < 1.29 is 14.3 Å². The molecule has 2 aromatic carbocycles. The summed E-state index contributed by atoms with van der Waals surface area (Å²) in [6.07, 6.45) is 3.05. The van der Waals surface area contributed by atoms with Gasteiger partial charge in [-0.2, -0.15) is 0 Å². The van der Waals surface area contributed by atoms with Crippen LogP contribution in [0.1, 0.15) is 28.8 Å². The third-order valence-corrected chi connectivity index (χ3v) is 4.67. The van der Waals surface area contributed by atoms with Gasteiger partial charge in [-0.1, -0.05) is 42.5 Å². The first kappa shape index (κ1) is 22.9. The first-order valence-corrected chi connectivity index (χ1v) is 9.75. The van der Waals surface area contributed by atoms with Gasteiger partial charge in [0.05, 0.1) is 23.9 Å². The van der Waals surface area contributed by atoms with Gasteiger partial charge >= 0.3 is 0 Å². The third kappa shape index (κ3) is 7.49. The van der Waals surface area contributed by atoms with Crippen molar-refractivity contribution in [3.63, 3.8) is 0 Å². The van der Waals surface area contributed by atoms with E-state index in [9.17, 15) is 9.59 Å². The van der Waals surface area contributed by atoms with E-state index < -0.39 is 0 Å². The zero-order valence-corrected chi connectivity index (χ0v) is 17.2.